The van der Waals surface area contributed by atoms with Crippen molar-refractivity contribution < 1.29 is 9.53 Å². The SMILES string of the molecule is CCOc1ccc(-c2ccc(=O)n(CCNC(=O)c3sc4nc(-c5ccccc5)cn4c3C)n2)cc1. The van der Waals surface area contributed by atoms with Crippen molar-refractivity contribution in [3.63, 3.8) is 0 Å². The van der Waals surface area contributed by atoms with Crippen LogP contribution in [0.4, 0.5) is 0 Å². The lowest BCUT2D eigenvalue weighted by Crippen LogP contribution is -2.31. The van der Waals surface area contributed by atoms with E-state index in [0.717, 1.165) is 33.2 Å². The monoisotopic (exact) mass is 499 g/mol. The number of nitrogens with one attached hydrogen (secondary N) is 1. The number of thiazole rings is 1. The third-order valence-corrected chi connectivity index (χ3v) is 6.93. The maximum atomic E-state index is 12.9. The van der Waals surface area contributed by atoms with Crippen LogP contribution < -0.4 is 15.6 Å². The Morgan fingerprint density at radius 1 is 1.00 bits per heavy atom. The van der Waals surface area contributed by atoms with Gasteiger partial charge in [0.25, 0.3) is 11.5 Å². The molecule has 0 atom stereocenters. The normalized spacial score (nSPS) is 11.1. The van der Waals surface area contributed by atoms with Gasteiger partial charge in [-0.3, -0.25) is 14.0 Å². The van der Waals surface area contributed by atoms with Gasteiger partial charge in [0.15, 0.2) is 4.96 Å². The Balaban J connectivity index is 1.26. The summed E-state index contributed by atoms with van der Waals surface area (Å²) in [6.45, 7) is 4.97. The molecular formula is C27H25N5O3S. The second kappa shape index (κ2) is 10.2. The van der Waals surface area contributed by atoms with Gasteiger partial charge in [-0.1, -0.05) is 41.7 Å². The van der Waals surface area contributed by atoms with E-state index in [-0.39, 0.29) is 24.6 Å². The Morgan fingerprint density at radius 2 is 1.75 bits per heavy atom. The van der Waals surface area contributed by atoms with E-state index in [1.807, 2.05) is 79.0 Å². The van der Waals surface area contributed by atoms with Crippen molar-refractivity contribution in [2.75, 3.05) is 13.2 Å². The fourth-order valence-electron chi connectivity index (χ4n) is 3.92. The van der Waals surface area contributed by atoms with E-state index in [4.69, 9.17) is 4.74 Å². The van der Waals surface area contributed by atoms with Crippen LogP contribution in [0.15, 0.2) is 77.7 Å². The van der Waals surface area contributed by atoms with Gasteiger partial charge >= 0.3 is 0 Å². The topological polar surface area (TPSA) is 90.5 Å². The Bertz CT molecular complexity index is 1570. The molecule has 5 rings (SSSR count). The molecule has 0 aliphatic carbocycles. The molecule has 0 bridgehead atoms. The standard InChI is InChI=1S/C27H25N5O3S/c1-3-35-21-11-9-20(10-12-21)22-13-14-24(33)32(30-22)16-15-28-26(34)25-18(2)31-17-23(29-27(31)36-25)19-7-5-4-6-8-19/h4-14,17H,3,15-16H2,1-2H3,(H,28,34). The first-order valence-corrected chi connectivity index (χ1v) is 12.5. The first-order chi connectivity index (χ1) is 17.5. The predicted octanol–water partition coefficient (Wildman–Crippen LogP) is 4.42. The molecule has 1 N–H and O–H groups in total. The minimum atomic E-state index is -0.224. The van der Waals surface area contributed by atoms with Gasteiger partial charge in [-0.25, -0.2) is 9.67 Å². The van der Waals surface area contributed by atoms with E-state index in [0.29, 0.717) is 17.2 Å². The number of hydrogen-bond donors (Lipinski definition) is 1. The van der Waals surface area contributed by atoms with Crippen molar-refractivity contribution in [2.45, 2.75) is 20.4 Å². The highest BCUT2D eigenvalue weighted by Crippen LogP contribution is 2.27. The van der Waals surface area contributed by atoms with Crippen molar-refractivity contribution in [3.8, 4) is 28.3 Å². The first-order valence-electron chi connectivity index (χ1n) is 11.7. The summed E-state index contributed by atoms with van der Waals surface area (Å²) >= 11 is 1.35. The zero-order valence-corrected chi connectivity index (χ0v) is 20.8. The average Bonchev–Trinajstić information content (AvgIpc) is 3.46. The summed E-state index contributed by atoms with van der Waals surface area (Å²) in [6.07, 6.45) is 1.95. The number of aryl methyl sites for hydroxylation is 1. The minimum Gasteiger partial charge on any atom is -0.494 e. The Morgan fingerprint density at radius 3 is 2.47 bits per heavy atom. The molecule has 0 fully saturated rings. The van der Waals surface area contributed by atoms with E-state index < -0.39 is 0 Å². The maximum Gasteiger partial charge on any atom is 0.266 e. The van der Waals surface area contributed by atoms with Crippen molar-refractivity contribution in [1.29, 1.82) is 0 Å². The van der Waals surface area contributed by atoms with Gasteiger partial charge in [0.1, 0.15) is 10.6 Å². The lowest BCUT2D eigenvalue weighted by Gasteiger charge is -2.09. The summed E-state index contributed by atoms with van der Waals surface area (Å²) in [4.78, 5) is 31.2. The van der Waals surface area contributed by atoms with E-state index in [1.54, 1.807) is 6.07 Å². The molecule has 0 spiro atoms. The number of fused-ring (bicyclic) bond motifs is 1. The smallest absolute Gasteiger partial charge is 0.266 e. The average molecular weight is 500 g/mol. The molecule has 9 heteroatoms. The fraction of sp³-hybridized carbons (Fsp3) is 0.185. The number of imidazole rings is 1. The molecule has 0 aliphatic rings. The van der Waals surface area contributed by atoms with Crippen LogP contribution in [0, 0.1) is 6.92 Å². The molecule has 3 aromatic heterocycles. The van der Waals surface area contributed by atoms with Gasteiger partial charge in [0, 0.05) is 35.6 Å². The molecule has 2 aromatic carbocycles. The van der Waals surface area contributed by atoms with Crippen LogP contribution in [-0.4, -0.2) is 38.2 Å². The number of carbonyl (C=O) groups is 1. The number of ether oxygens (including phenoxy) is 1. The second-order valence-corrected chi connectivity index (χ2v) is 9.13. The lowest BCUT2D eigenvalue weighted by molar-refractivity contribution is 0.0955. The van der Waals surface area contributed by atoms with Crippen LogP contribution in [0.3, 0.4) is 0 Å². The summed E-state index contributed by atoms with van der Waals surface area (Å²) in [7, 11) is 0. The zero-order chi connectivity index (χ0) is 25.1. The van der Waals surface area contributed by atoms with E-state index in [1.165, 1.54) is 22.1 Å². The van der Waals surface area contributed by atoms with Crippen LogP contribution in [0.25, 0.3) is 27.5 Å². The second-order valence-electron chi connectivity index (χ2n) is 8.15. The van der Waals surface area contributed by atoms with E-state index in [9.17, 15) is 9.59 Å². The molecule has 5 aromatic rings. The van der Waals surface area contributed by atoms with Gasteiger partial charge in [-0.05, 0) is 44.2 Å². The molecular weight excluding hydrogens is 474 g/mol. The molecule has 0 aliphatic heterocycles. The predicted molar refractivity (Wildman–Crippen MR) is 141 cm³/mol. The third kappa shape index (κ3) is 4.78. The number of carbonyl (C=O) groups excluding carboxylic acids is 1. The number of benzene rings is 2. The van der Waals surface area contributed by atoms with Gasteiger partial charge in [-0.2, -0.15) is 5.10 Å². The zero-order valence-electron chi connectivity index (χ0n) is 20.0. The van der Waals surface area contributed by atoms with Gasteiger partial charge in [0.05, 0.1) is 24.5 Å². The number of amides is 1. The summed E-state index contributed by atoms with van der Waals surface area (Å²) in [5.74, 6) is 0.588. The minimum absolute atomic E-state index is 0.194. The Kier molecular flexibility index (Phi) is 6.64. The highest BCUT2D eigenvalue weighted by atomic mass is 32.1. The van der Waals surface area contributed by atoms with Crippen LogP contribution in [0.2, 0.25) is 0 Å². The molecule has 1 amide bonds. The highest BCUT2D eigenvalue weighted by molar-refractivity contribution is 7.19. The van der Waals surface area contributed by atoms with Crippen molar-refractivity contribution in [1.82, 2.24) is 24.5 Å². The van der Waals surface area contributed by atoms with E-state index >= 15 is 0 Å². The van der Waals surface area contributed by atoms with E-state index in [2.05, 4.69) is 15.4 Å². The van der Waals surface area contributed by atoms with Crippen molar-refractivity contribution in [2.24, 2.45) is 0 Å². The van der Waals surface area contributed by atoms with Gasteiger partial charge in [-0.15, -0.1) is 0 Å². The summed E-state index contributed by atoms with van der Waals surface area (Å²) < 4.78 is 8.79. The fourth-order valence-corrected chi connectivity index (χ4v) is 4.94. The van der Waals surface area contributed by atoms with Crippen LogP contribution in [-0.2, 0) is 6.54 Å². The maximum absolute atomic E-state index is 12.9. The molecule has 0 saturated carbocycles. The summed E-state index contributed by atoms with van der Waals surface area (Å²) in [5.41, 5.74) is 4.06. The van der Waals surface area contributed by atoms with Crippen molar-refractivity contribution in [3.05, 3.63) is 93.9 Å². The highest BCUT2D eigenvalue weighted by Gasteiger charge is 2.18. The van der Waals surface area contributed by atoms with Crippen LogP contribution >= 0.6 is 11.3 Å². The molecule has 8 nitrogen and oxygen atoms in total. The number of rotatable bonds is 8. The molecule has 182 valence electrons. The van der Waals surface area contributed by atoms with Gasteiger partial charge in [0.2, 0.25) is 0 Å². The Hall–Kier alpha value is -4.24. The quantitative estimate of drug-likeness (QED) is 0.341. The van der Waals surface area contributed by atoms with Crippen LogP contribution in [0.1, 0.15) is 22.3 Å². The molecule has 0 radical (unpaired) electrons. The number of hydrogen-bond acceptors (Lipinski definition) is 6. The van der Waals surface area contributed by atoms with Gasteiger partial charge < -0.3 is 10.1 Å². The number of aromatic nitrogens is 4. The molecule has 0 unspecified atom stereocenters. The summed E-state index contributed by atoms with van der Waals surface area (Å²) in [5, 5.41) is 7.38. The largest absolute Gasteiger partial charge is 0.494 e. The molecule has 0 saturated heterocycles. The first kappa shape index (κ1) is 23.5. The van der Waals surface area contributed by atoms with Crippen molar-refractivity contribution >= 4 is 22.2 Å². The molecule has 3 heterocycles. The van der Waals surface area contributed by atoms with Crippen LogP contribution in [0.5, 0.6) is 5.75 Å². The third-order valence-electron chi connectivity index (χ3n) is 5.77. The lowest BCUT2D eigenvalue weighted by atomic mass is 10.1. The number of nitrogens with zero attached hydrogens (tertiary/aromatic N) is 4. The Labute approximate surface area is 211 Å². The molecule has 36 heavy (non-hydrogen) atoms. The summed E-state index contributed by atoms with van der Waals surface area (Å²) in [6, 6.07) is 20.7.